The molecule has 0 spiro atoms. The molecular formula is C33H43NO6. The van der Waals surface area contributed by atoms with Gasteiger partial charge in [0.05, 0.1) is 19.2 Å². The Bertz CT molecular complexity index is 1080. The lowest BCUT2D eigenvalue weighted by atomic mass is 10.1. The van der Waals surface area contributed by atoms with E-state index in [1.807, 2.05) is 12.2 Å². The van der Waals surface area contributed by atoms with Crippen LogP contribution in [0, 0.1) is 0 Å². The molecule has 0 fully saturated rings. The van der Waals surface area contributed by atoms with Crippen LogP contribution in [0.3, 0.4) is 0 Å². The third-order valence-corrected chi connectivity index (χ3v) is 5.43. The number of aromatic hydroxyl groups is 1. The van der Waals surface area contributed by atoms with Gasteiger partial charge in [0, 0.05) is 6.42 Å². The summed E-state index contributed by atoms with van der Waals surface area (Å²) in [5.74, 6) is -1.85. The van der Waals surface area contributed by atoms with E-state index in [-0.39, 0.29) is 35.9 Å². The number of benzene rings is 1. The van der Waals surface area contributed by atoms with Gasteiger partial charge in [-0.15, -0.1) is 0 Å². The standard InChI is InChI=1S/C33H43NO6/c1-3-4-5-6-7-8-9-10-11-12-13-14-15-16-17-18-19-20-21-22-31(36)34-25-26-40-32(37)28-23-24-30(35)29(27-28)33(38)39-2/h4-5,7-8,10-11,13-14,16-17,19-20,23-24,27,35H,3,6,9,12,15,18,21-22,25-26H2,1-2H3,(H,34,36)/b5-4-,8-7-,11-10-,14-13-,17-16-,20-19-. The lowest BCUT2D eigenvalue weighted by Gasteiger charge is -2.08. The van der Waals surface area contributed by atoms with Crippen LogP contribution < -0.4 is 5.32 Å². The Balaban J connectivity index is 2.09. The van der Waals surface area contributed by atoms with Crippen molar-refractivity contribution in [3.05, 3.63) is 102 Å². The van der Waals surface area contributed by atoms with Crippen LogP contribution in [0.4, 0.5) is 0 Å². The van der Waals surface area contributed by atoms with E-state index < -0.39 is 11.9 Å². The third-order valence-electron chi connectivity index (χ3n) is 5.43. The summed E-state index contributed by atoms with van der Waals surface area (Å²) < 4.78 is 9.67. The van der Waals surface area contributed by atoms with Gasteiger partial charge in [0.2, 0.25) is 5.91 Å². The average Bonchev–Trinajstić information content (AvgIpc) is 2.96. The predicted molar refractivity (Wildman–Crippen MR) is 160 cm³/mol. The zero-order chi connectivity index (χ0) is 29.3. The average molecular weight is 550 g/mol. The van der Waals surface area contributed by atoms with Crippen LogP contribution in [0.25, 0.3) is 0 Å². The number of esters is 2. The van der Waals surface area contributed by atoms with Crippen LogP contribution in [-0.4, -0.2) is 43.2 Å². The van der Waals surface area contributed by atoms with Gasteiger partial charge in [-0.3, -0.25) is 4.79 Å². The first kappa shape index (κ1) is 33.9. The van der Waals surface area contributed by atoms with Gasteiger partial charge < -0.3 is 19.9 Å². The molecule has 0 atom stereocenters. The van der Waals surface area contributed by atoms with Crippen molar-refractivity contribution in [1.29, 1.82) is 0 Å². The summed E-state index contributed by atoms with van der Waals surface area (Å²) in [4.78, 5) is 35.7. The SMILES string of the molecule is CC/C=C\C/C=C\C/C=C\C/C=C\C/C=C\C/C=C\CCC(=O)NCCOC(=O)c1ccc(O)c(C(=O)OC)c1. The number of hydrogen-bond donors (Lipinski definition) is 2. The van der Waals surface area contributed by atoms with Crippen molar-refractivity contribution in [3.8, 4) is 5.75 Å². The van der Waals surface area contributed by atoms with Crippen molar-refractivity contribution in [2.45, 2.75) is 58.3 Å². The number of hydrogen-bond acceptors (Lipinski definition) is 6. The van der Waals surface area contributed by atoms with Gasteiger partial charge in [0.25, 0.3) is 0 Å². The molecule has 0 bridgehead atoms. The second-order valence-electron chi connectivity index (χ2n) is 8.66. The number of phenolic OH excluding ortho intramolecular Hbond substituents is 1. The highest BCUT2D eigenvalue weighted by atomic mass is 16.5. The van der Waals surface area contributed by atoms with Crippen LogP contribution in [-0.2, 0) is 14.3 Å². The number of amides is 1. The van der Waals surface area contributed by atoms with E-state index in [1.54, 1.807) is 0 Å². The molecule has 1 aromatic rings. The molecule has 7 heteroatoms. The molecule has 0 aliphatic carbocycles. The van der Waals surface area contributed by atoms with Gasteiger partial charge in [0.1, 0.15) is 17.9 Å². The minimum absolute atomic E-state index is 0.0150. The number of allylic oxidation sites excluding steroid dienone is 12. The largest absolute Gasteiger partial charge is 0.507 e. The number of carbonyl (C=O) groups is 3. The van der Waals surface area contributed by atoms with Crippen LogP contribution >= 0.6 is 0 Å². The topological polar surface area (TPSA) is 102 Å². The Morgan fingerprint density at radius 3 is 1.82 bits per heavy atom. The predicted octanol–water partition coefficient (Wildman–Crippen LogP) is 6.93. The first-order valence-corrected chi connectivity index (χ1v) is 13.7. The molecule has 1 amide bonds. The molecule has 2 N–H and O–H groups in total. The second kappa shape index (κ2) is 22.8. The zero-order valence-corrected chi connectivity index (χ0v) is 23.7. The number of rotatable bonds is 19. The van der Waals surface area contributed by atoms with Gasteiger partial charge in [-0.2, -0.15) is 0 Å². The summed E-state index contributed by atoms with van der Waals surface area (Å²) in [5.41, 5.74) is -0.0261. The number of methoxy groups -OCH3 is 1. The summed E-state index contributed by atoms with van der Waals surface area (Å²) >= 11 is 0. The van der Waals surface area contributed by atoms with E-state index >= 15 is 0 Å². The minimum atomic E-state index is -0.758. The Kier molecular flexibility index (Phi) is 19.3. The van der Waals surface area contributed by atoms with Crippen molar-refractivity contribution in [3.63, 3.8) is 0 Å². The summed E-state index contributed by atoms with van der Waals surface area (Å²) in [6.07, 6.45) is 32.4. The van der Waals surface area contributed by atoms with E-state index in [9.17, 15) is 19.5 Å². The monoisotopic (exact) mass is 549 g/mol. The zero-order valence-electron chi connectivity index (χ0n) is 23.7. The highest BCUT2D eigenvalue weighted by molar-refractivity contribution is 5.97. The van der Waals surface area contributed by atoms with Crippen LogP contribution in [0.1, 0.15) is 79.0 Å². The lowest BCUT2D eigenvalue weighted by Crippen LogP contribution is -2.27. The maximum Gasteiger partial charge on any atom is 0.341 e. The van der Waals surface area contributed by atoms with Gasteiger partial charge in [-0.1, -0.05) is 79.8 Å². The van der Waals surface area contributed by atoms with Crippen molar-refractivity contribution < 1.29 is 29.0 Å². The van der Waals surface area contributed by atoms with E-state index in [2.05, 4.69) is 77.7 Å². The first-order valence-electron chi connectivity index (χ1n) is 13.7. The normalized spacial score (nSPS) is 12.1. The van der Waals surface area contributed by atoms with Gasteiger partial charge in [0.15, 0.2) is 0 Å². The molecule has 1 rings (SSSR count). The molecule has 0 heterocycles. The van der Waals surface area contributed by atoms with E-state index in [1.165, 1.54) is 25.3 Å². The van der Waals surface area contributed by atoms with Crippen molar-refractivity contribution in [2.75, 3.05) is 20.3 Å². The van der Waals surface area contributed by atoms with Gasteiger partial charge in [-0.25, -0.2) is 9.59 Å². The molecule has 216 valence electrons. The molecule has 0 saturated heterocycles. The summed E-state index contributed by atoms with van der Waals surface area (Å²) in [7, 11) is 1.18. The van der Waals surface area contributed by atoms with E-state index in [0.29, 0.717) is 12.8 Å². The van der Waals surface area contributed by atoms with Crippen LogP contribution in [0.2, 0.25) is 0 Å². The highest BCUT2D eigenvalue weighted by Crippen LogP contribution is 2.20. The van der Waals surface area contributed by atoms with Gasteiger partial charge in [-0.05, 0) is 63.1 Å². The first-order chi connectivity index (χ1) is 19.5. The van der Waals surface area contributed by atoms with Gasteiger partial charge >= 0.3 is 11.9 Å². The molecule has 0 aliphatic rings. The molecule has 40 heavy (non-hydrogen) atoms. The Labute approximate surface area is 238 Å². The Hall–Kier alpha value is -4.13. The fraction of sp³-hybridized carbons (Fsp3) is 0.364. The summed E-state index contributed by atoms with van der Waals surface area (Å²) in [6, 6.07) is 3.77. The molecule has 0 unspecified atom stereocenters. The maximum absolute atomic E-state index is 12.1. The molecule has 1 aromatic carbocycles. The fourth-order valence-electron chi connectivity index (χ4n) is 3.30. The summed E-state index contributed by atoms with van der Waals surface area (Å²) in [5, 5.41) is 12.4. The van der Waals surface area contributed by atoms with Crippen LogP contribution in [0.5, 0.6) is 5.75 Å². The quantitative estimate of drug-likeness (QED) is 0.110. The van der Waals surface area contributed by atoms with E-state index in [4.69, 9.17) is 4.74 Å². The van der Waals surface area contributed by atoms with Crippen molar-refractivity contribution in [1.82, 2.24) is 5.32 Å². The fourth-order valence-corrected chi connectivity index (χ4v) is 3.30. The van der Waals surface area contributed by atoms with E-state index in [0.717, 1.165) is 38.5 Å². The number of phenols is 1. The Morgan fingerprint density at radius 2 is 1.30 bits per heavy atom. The second-order valence-corrected chi connectivity index (χ2v) is 8.66. The number of ether oxygens (including phenoxy) is 2. The highest BCUT2D eigenvalue weighted by Gasteiger charge is 2.16. The Morgan fingerprint density at radius 1 is 0.775 bits per heavy atom. The number of nitrogens with one attached hydrogen (secondary N) is 1. The number of carbonyl (C=O) groups excluding carboxylic acids is 3. The minimum Gasteiger partial charge on any atom is -0.507 e. The van der Waals surface area contributed by atoms with Crippen molar-refractivity contribution in [2.24, 2.45) is 0 Å². The summed E-state index contributed by atoms with van der Waals surface area (Å²) in [6.45, 7) is 2.30. The maximum atomic E-state index is 12.1. The third kappa shape index (κ3) is 16.7. The molecule has 0 aromatic heterocycles. The molecule has 0 radical (unpaired) electrons. The molecule has 7 nitrogen and oxygen atoms in total. The van der Waals surface area contributed by atoms with Crippen LogP contribution in [0.15, 0.2) is 91.1 Å². The lowest BCUT2D eigenvalue weighted by molar-refractivity contribution is -0.121. The smallest absolute Gasteiger partial charge is 0.341 e. The molecule has 0 saturated carbocycles. The van der Waals surface area contributed by atoms with Crippen molar-refractivity contribution >= 4 is 17.8 Å². The molecular weight excluding hydrogens is 506 g/mol. The molecule has 0 aliphatic heterocycles.